The number of ether oxygens (including phenoxy) is 1. The zero-order chi connectivity index (χ0) is 15.8. The van der Waals surface area contributed by atoms with Gasteiger partial charge < -0.3 is 15.2 Å². The number of aryl methyl sites for hydroxylation is 1. The maximum absolute atomic E-state index is 11.3. The van der Waals surface area contributed by atoms with Gasteiger partial charge in [0, 0.05) is 29.9 Å². The molecule has 23 heavy (non-hydrogen) atoms. The molecule has 1 saturated heterocycles. The fourth-order valence-electron chi connectivity index (χ4n) is 3.62. The molecule has 2 aromatic rings. The number of hydrogen-bond donors (Lipinski definition) is 2. The third kappa shape index (κ3) is 2.65. The molecule has 1 fully saturated rings. The highest BCUT2D eigenvalue weighted by atomic mass is 16.5. The molecule has 2 N–H and O–H groups in total. The molecule has 1 aliphatic carbocycles. The number of aromatic nitrogens is 1. The van der Waals surface area contributed by atoms with Crippen molar-refractivity contribution in [2.75, 3.05) is 18.5 Å². The van der Waals surface area contributed by atoms with E-state index in [2.05, 4.69) is 5.32 Å². The number of nitrogens with one attached hydrogen (secondary N) is 1. The molecular formula is C18H20N2O3. The lowest BCUT2D eigenvalue weighted by Crippen LogP contribution is -2.19. The Labute approximate surface area is 134 Å². The molecule has 0 saturated carbocycles. The molecule has 0 radical (unpaired) electrons. The topological polar surface area (TPSA) is 71.5 Å². The van der Waals surface area contributed by atoms with E-state index in [0.717, 1.165) is 67.5 Å². The summed E-state index contributed by atoms with van der Waals surface area (Å²) in [5, 5.41) is 13.7. The van der Waals surface area contributed by atoms with E-state index >= 15 is 0 Å². The standard InChI is InChI=1S/C18H20N2O3/c21-18(22)11-6-7-16-14(9-11)17(13-4-1-5-15(13)20-16)19-10-12-3-2-8-23-12/h6-7,9,12H,1-5,8,10H2,(H,19,20)(H,21,22). The lowest BCUT2D eigenvalue weighted by atomic mass is 10.0. The van der Waals surface area contributed by atoms with Crippen LogP contribution in [0.2, 0.25) is 0 Å². The molecule has 4 rings (SSSR count). The van der Waals surface area contributed by atoms with Crippen LogP contribution in [0.15, 0.2) is 18.2 Å². The Bertz CT molecular complexity index is 766. The fraction of sp³-hybridized carbons (Fsp3) is 0.444. The number of carbonyl (C=O) groups is 1. The van der Waals surface area contributed by atoms with Gasteiger partial charge in [-0.15, -0.1) is 0 Å². The number of rotatable bonds is 4. The Morgan fingerprint density at radius 1 is 1.35 bits per heavy atom. The van der Waals surface area contributed by atoms with E-state index in [1.165, 1.54) is 5.56 Å². The normalized spacial score (nSPS) is 19.9. The maximum atomic E-state index is 11.3. The Morgan fingerprint density at radius 2 is 2.26 bits per heavy atom. The summed E-state index contributed by atoms with van der Waals surface area (Å²) in [4.78, 5) is 16.0. The van der Waals surface area contributed by atoms with E-state index in [-0.39, 0.29) is 6.10 Å². The number of fused-ring (bicyclic) bond motifs is 2. The van der Waals surface area contributed by atoms with E-state index in [4.69, 9.17) is 9.72 Å². The van der Waals surface area contributed by atoms with Crippen molar-refractivity contribution in [3.8, 4) is 0 Å². The molecule has 1 aromatic heterocycles. The van der Waals surface area contributed by atoms with E-state index in [1.807, 2.05) is 6.07 Å². The molecule has 5 heteroatoms. The quantitative estimate of drug-likeness (QED) is 0.908. The van der Waals surface area contributed by atoms with Crippen molar-refractivity contribution in [2.45, 2.75) is 38.2 Å². The highest BCUT2D eigenvalue weighted by Gasteiger charge is 2.22. The lowest BCUT2D eigenvalue weighted by Gasteiger charge is -2.17. The number of nitrogens with zero attached hydrogens (tertiary/aromatic N) is 1. The van der Waals surface area contributed by atoms with Crippen molar-refractivity contribution >= 4 is 22.6 Å². The molecule has 2 aliphatic rings. The summed E-state index contributed by atoms with van der Waals surface area (Å²) < 4.78 is 5.70. The Hall–Kier alpha value is -2.14. The van der Waals surface area contributed by atoms with Gasteiger partial charge in [-0.25, -0.2) is 4.79 Å². The predicted molar refractivity (Wildman–Crippen MR) is 88.2 cm³/mol. The summed E-state index contributed by atoms with van der Waals surface area (Å²) in [7, 11) is 0. The molecule has 0 amide bonds. The number of carboxylic acids is 1. The van der Waals surface area contributed by atoms with Crippen LogP contribution in [0.25, 0.3) is 10.9 Å². The van der Waals surface area contributed by atoms with E-state index in [1.54, 1.807) is 12.1 Å². The third-order valence-corrected chi connectivity index (χ3v) is 4.79. The summed E-state index contributed by atoms with van der Waals surface area (Å²) >= 11 is 0. The lowest BCUT2D eigenvalue weighted by molar-refractivity contribution is 0.0697. The van der Waals surface area contributed by atoms with Gasteiger partial charge >= 0.3 is 5.97 Å². The predicted octanol–water partition coefficient (Wildman–Crippen LogP) is 3.01. The van der Waals surface area contributed by atoms with Crippen LogP contribution in [0.4, 0.5) is 5.69 Å². The van der Waals surface area contributed by atoms with E-state index < -0.39 is 5.97 Å². The van der Waals surface area contributed by atoms with Crippen LogP contribution in [-0.4, -0.2) is 35.3 Å². The zero-order valence-electron chi connectivity index (χ0n) is 13.0. The number of pyridine rings is 1. The van der Waals surface area contributed by atoms with Gasteiger partial charge in [0.25, 0.3) is 0 Å². The van der Waals surface area contributed by atoms with Gasteiger partial charge in [0.15, 0.2) is 0 Å². The fourth-order valence-corrected chi connectivity index (χ4v) is 3.62. The summed E-state index contributed by atoms with van der Waals surface area (Å²) in [5.41, 5.74) is 4.62. The summed E-state index contributed by atoms with van der Waals surface area (Å²) in [6.45, 7) is 1.60. The van der Waals surface area contributed by atoms with Gasteiger partial charge in [0.1, 0.15) is 0 Å². The Kier molecular flexibility index (Phi) is 3.65. The van der Waals surface area contributed by atoms with Crippen molar-refractivity contribution in [2.24, 2.45) is 0 Å². The van der Waals surface area contributed by atoms with Crippen molar-refractivity contribution in [3.63, 3.8) is 0 Å². The molecule has 120 valence electrons. The van der Waals surface area contributed by atoms with Crippen molar-refractivity contribution in [3.05, 3.63) is 35.0 Å². The van der Waals surface area contributed by atoms with Gasteiger partial charge in [-0.1, -0.05) is 0 Å². The summed E-state index contributed by atoms with van der Waals surface area (Å²) in [6, 6.07) is 5.18. The first-order valence-electron chi connectivity index (χ1n) is 8.26. The minimum atomic E-state index is -0.905. The molecule has 5 nitrogen and oxygen atoms in total. The van der Waals surface area contributed by atoms with Crippen LogP contribution in [0.5, 0.6) is 0 Å². The largest absolute Gasteiger partial charge is 0.478 e. The first-order chi connectivity index (χ1) is 11.2. The Morgan fingerprint density at radius 3 is 3.04 bits per heavy atom. The molecule has 1 aromatic carbocycles. The minimum Gasteiger partial charge on any atom is -0.478 e. The molecule has 0 spiro atoms. The van der Waals surface area contributed by atoms with Gasteiger partial charge in [-0.2, -0.15) is 0 Å². The Balaban J connectivity index is 1.77. The minimum absolute atomic E-state index is 0.248. The molecule has 1 unspecified atom stereocenters. The number of hydrogen-bond acceptors (Lipinski definition) is 4. The van der Waals surface area contributed by atoms with Crippen molar-refractivity contribution < 1.29 is 14.6 Å². The molecular weight excluding hydrogens is 292 g/mol. The monoisotopic (exact) mass is 312 g/mol. The molecule has 0 bridgehead atoms. The van der Waals surface area contributed by atoms with Gasteiger partial charge in [-0.05, 0) is 55.9 Å². The number of aromatic carboxylic acids is 1. The second kappa shape index (κ2) is 5.81. The van der Waals surface area contributed by atoms with Gasteiger partial charge in [0.2, 0.25) is 0 Å². The molecule has 1 aliphatic heterocycles. The third-order valence-electron chi connectivity index (χ3n) is 4.79. The summed E-state index contributed by atoms with van der Waals surface area (Å²) in [5.74, 6) is -0.905. The maximum Gasteiger partial charge on any atom is 0.335 e. The van der Waals surface area contributed by atoms with Crippen LogP contribution >= 0.6 is 0 Å². The number of benzene rings is 1. The van der Waals surface area contributed by atoms with Crippen LogP contribution < -0.4 is 5.32 Å². The zero-order valence-corrected chi connectivity index (χ0v) is 13.0. The second-order valence-electron chi connectivity index (χ2n) is 6.32. The van der Waals surface area contributed by atoms with E-state index in [9.17, 15) is 9.90 Å². The first-order valence-corrected chi connectivity index (χ1v) is 8.26. The van der Waals surface area contributed by atoms with Crippen molar-refractivity contribution in [1.29, 1.82) is 0 Å². The smallest absolute Gasteiger partial charge is 0.335 e. The van der Waals surface area contributed by atoms with E-state index in [0.29, 0.717) is 5.56 Å². The highest BCUT2D eigenvalue weighted by molar-refractivity contribution is 5.99. The number of carboxylic acid groups (broad SMARTS) is 1. The van der Waals surface area contributed by atoms with Gasteiger partial charge in [-0.3, -0.25) is 4.98 Å². The highest BCUT2D eigenvalue weighted by Crippen LogP contribution is 2.34. The average molecular weight is 312 g/mol. The molecule has 1 atom stereocenters. The number of anilines is 1. The van der Waals surface area contributed by atoms with Crippen LogP contribution in [0.1, 0.15) is 40.9 Å². The van der Waals surface area contributed by atoms with Crippen LogP contribution in [-0.2, 0) is 17.6 Å². The second-order valence-corrected chi connectivity index (χ2v) is 6.32. The van der Waals surface area contributed by atoms with Crippen molar-refractivity contribution in [1.82, 2.24) is 4.98 Å². The summed E-state index contributed by atoms with van der Waals surface area (Å²) in [6.07, 6.45) is 5.56. The molecule has 2 heterocycles. The SMILES string of the molecule is O=C(O)c1ccc2nc3c(c(NCC4CCCO4)c2c1)CCC3. The van der Waals surface area contributed by atoms with Crippen LogP contribution in [0.3, 0.4) is 0 Å². The van der Waals surface area contributed by atoms with Gasteiger partial charge in [0.05, 0.1) is 17.2 Å². The van der Waals surface area contributed by atoms with Crippen LogP contribution in [0, 0.1) is 0 Å². The first kappa shape index (κ1) is 14.5. The average Bonchev–Trinajstić information content (AvgIpc) is 3.22.